The van der Waals surface area contributed by atoms with Crippen LogP contribution in [0.1, 0.15) is 30.0 Å². The smallest absolute Gasteiger partial charge is 0.320 e. The van der Waals surface area contributed by atoms with Crippen LogP contribution in [0.5, 0.6) is 17.2 Å². The van der Waals surface area contributed by atoms with Gasteiger partial charge in [0.1, 0.15) is 23.3 Å². The lowest BCUT2D eigenvalue weighted by Crippen LogP contribution is -2.39. The van der Waals surface area contributed by atoms with Crippen molar-refractivity contribution in [2.75, 3.05) is 13.7 Å². The summed E-state index contributed by atoms with van der Waals surface area (Å²) in [6.45, 7) is 0.734. The van der Waals surface area contributed by atoms with Gasteiger partial charge in [-0.3, -0.25) is 9.69 Å². The van der Waals surface area contributed by atoms with E-state index in [4.69, 9.17) is 9.47 Å². The maximum absolute atomic E-state index is 11.9. The molecule has 154 valence electrons. The van der Waals surface area contributed by atoms with E-state index in [9.17, 15) is 9.90 Å². The van der Waals surface area contributed by atoms with E-state index >= 15 is 0 Å². The summed E-state index contributed by atoms with van der Waals surface area (Å²) in [5.41, 5.74) is 2.03. The number of carboxylic acids is 1. The van der Waals surface area contributed by atoms with E-state index in [1.165, 1.54) is 0 Å². The Labute approximate surface area is 176 Å². The van der Waals surface area contributed by atoms with E-state index in [1.54, 1.807) is 7.11 Å². The van der Waals surface area contributed by atoms with Crippen molar-refractivity contribution in [3.05, 3.63) is 90.0 Å². The number of ether oxygens (including phenoxy) is 2. The summed E-state index contributed by atoms with van der Waals surface area (Å²) in [7, 11) is 1.64. The predicted octanol–water partition coefficient (Wildman–Crippen LogP) is 5.13. The minimum atomic E-state index is -0.775. The Hall–Kier alpha value is -3.31. The molecule has 3 aromatic rings. The summed E-state index contributed by atoms with van der Waals surface area (Å²) >= 11 is 0. The fourth-order valence-corrected chi connectivity index (χ4v) is 4.10. The van der Waals surface area contributed by atoms with Crippen LogP contribution in [0.25, 0.3) is 0 Å². The zero-order valence-corrected chi connectivity index (χ0v) is 16.9. The molecule has 0 bridgehead atoms. The van der Waals surface area contributed by atoms with Crippen molar-refractivity contribution in [1.82, 2.24) is 4.90 Å². The zero-order chi connectivity index (χ0) is 20.9. The van der Waals surface area contributed by atoms with Crippen LogP contribution in [0.4, 0.5) is 0 Å². The monoisotopic (exact) mass is 403 g/mol. The number of hydrogen-bond donors (Lipinski definition) is 1. The molecule has 1 aliphatic rings. The first-order chi connectivity index (χ1) is 14.7. The number of methoxy groups -OCH3 is 1. The fraction of sp³-hybridized carbons (Fsp3) is 0.240. The third-order valence-corrected chi connectivity index (χ3v) is 5.50. The first-order valence-corrected chi connectivity index (χ1v) is 10.1. The molecule has 3 aromatic carbocycles. The van der Waals surface area contributed by atoms with Crippen molar-refractivity contribution in [3.63, 3.8) is 0 Å². The van der Waals surface area contributed by atoms with Crippen LogP contribution >= 0.6 is 0 Å². The highest BCUT2D eigenvalue weighted by molar-refractivity contribution is 5.74. The van der Waals surface area contributed by atoms with Crippen LogP contribution < -0.4 is 9.47 Å². The Morgan fingerprint density at radius 1 is 0.933 bits per heavy atom. The summed E-state index contributed by atoms with van der Waals surface area (Å²) < 4.78 is 11.3. The second-order valence-electron chi connectivity index (χ2n) is 7.40. The summed E-state index contributed by atoms with van der Waals surface area (Å²) in [5, 5.41) is 9.77. The first-order valence-electron chi connectivity index (χ1n) is 10.1. The molecule has 1 saturated heterocycles. The normalized spacial score (nSPS) is 17.4. The van der Waals surface area contributed by atoms with Gasteiger partial charge in [-0.05, 0) is 60.4 Å². The van der Waals surface area contributed by atoms with E-state index in [2.05, 4.69) is 4.90 Å². The fourth-order valence-electron chi connectivity index (χ4n) is 4.10. The van der Waals surface area contributed by atoms with Crippen LogP contribution in [-0.4, -0.2) is 35.7 Å². The predicted molar refractivity (Wildman–Crippen MR) is 115 cm³/mol. The van der Waals surface area contributed by atoms with Gasteiger partial charge >= 0.3 is 5.97 Å². The van der Waals surface area contributed by atoms with Crippen LogP contribution in [-0.2, 0) is 4.79 Å². The number of aliphatic carboxylic acids is 1. The second kappa shape index (κ2) is 9.01. The van der Waals surface area contributed by atoms with Crippen LogP contribution in [0.2, 0.25) is 0 Å². The van der Waals surface area contributed by atoms with E-state index in [-0.39, 0.29) is 6.04 Å². The molecule has 5 nitrogen and oxygen atoms in total. The quantitative estimate of drug-likeness (QED) is 0.593. The Morgan fingerprint density at radius 2 is 1.67 bits per heavy atom. The standard InChI is InChI=1S/C25H25NO4/c1-29-20-14-12-18(13-15-20)24(26-16-6-11-23(26)25(27)28)19-7-5-10-22(17-19)30-21-8-3-2-4-9-21/h2-5,7-10,12-15,17,23-24H,6,11,16H2,1H3,(H,27,28). The van der Waals surface area contributed by atoms with Gasteiger partial charge in [0.25, 0.3) is 0 Å². The van der Waals surface area contributed by atoms with Crippen molar-refractivity contribution in [3.8, 4) is 17.2 Å². The van der Waals surface area contributed by atoms with E-state index in [1.807, 2.05) is 78.9 Å². The Bertz CT molecular complexity index is 988. The number of para-hydroxylation sites is 1. The van der Waals surface area contributed by atoms with Crippen LogP contribution in [0.3, 0.4) is 0 Å². The lowest BCUT2D eigenvalue weighted by Gasteiger charge is -2.32. The molecule has 0 amide bonds. The molecule has 2 atom stereocenters. The number of nitrogens with zero attached hydrogens (tertiary/aromatic N) is 1. The molecule has 4 rings (SSSR count). The number of carboxylic acid groups (broad SMARTS) is 1. The highest BCUT2D eigenvalue weighted by Crippen LogP contribution is 2.37. The van der Waals surface area contributed by atoms with Gasteiger partial charge in [-0.15, -0.1) is 0 Å². The largest absolute Gasteiger partial charge is 0.497 e. The topological polar surface area (TPSA) is 59.0 Å². The van der Waals surface area contributed by atoms with E-state index in [0.29, 0.717) is 6.42 Å². The first kappa shape index (κ1) is 20.0. The average Bonchev–Trinajstić information content (AvgIpc) is 3.25. The van der Waals surface area contributed by atoms with Gasteiger partial charge < -0.3 is 14.6 Å². The molecule has 0 aromatic heterocycles. The van der Waals surface area contributed by atoms with Gasteiger partial charge in [0.2, 0.25) is 0 Å². The molecule has 0 aliphatic carbocycles. The molecule has 1 N–H and O–H groups in total. The number of likely N-dealkylation sites (tertiary alicyclic amines) is 1. The SMILES string of the molecule is COc1ccc(C(c2cccc(Oc3ccccc3)c2)N2CCCC2C(=O)O)cc1. The number of hydrogen-bond acceptors (Lipinski definition) is 4. The van der Waals surface area contributed by atoms with Gasteiger partial charge in [-0.25, -0.2) is 0 Å². The van der Waals surface area contributed by atoms with Gasteiger partial charge in [0.05, 0.1) is 13.2 Å². The third-order valence-electron chi connectivity index (χ3n) is 5.50. The number of benzene rings is 3. The van der Waals surface area contributed by atoms with Crippen molar-refractivity contribution in [2.45, 2.75) is 24.9 Å². The Balaban J connectivity index is 1.72. The maximum Gasteiger partial charge on any atom is 0.320 e. The molecule has 1 fully saturated rings. The van der Waals surface area contributed by atoms with Crippen molar-refractivity contribution >= 4 is 5.97 Å². The minimum absolute atomic E-state index is 0.182. The molecule has 2 unspecified atom stereocenters. The molecule has 1 heterocycles. The molecule has 30 heavy (non-hydrogen) atoms. The Kier molecular flexibility index (Phi) is 6.00. The van der Waals surface area contributed by atoms with Crippen molar-refractivity contribution in [2.24, 2.45) is 0 Å². The summed E-state index contributed by atoms with van der Waals surface area (Å²) in [5.74, 6) is 1.49. The number of rotatable bonds is 7. The van der Waals surface area contributed by atoms with Gasteiger partial charge in [0.15, 0.2) is 0 Å². The highest BCUT2D eigenvalue weighted by Gasteiger charge is 2.37. The second-order valence-corrected chi connectivity index (χ2v) is 7.40. The van der Waals surface area contributed by atoms with Crippen LogP contribution in [0, 0.1) is 0 Å². The van der Waals surface area contributed by atoms with E-state index in [0.717, 1.165) is 41.3 Å². The minimum Gasteiger partial charge on any atom is -0.497 e. The van der Waals surface area contributed by atoms with Crippen LogP contribution in [0.15, 0.2) is 78.9 Å². The van der Waals surface area contributed by atoms with E-state index < -0.39 is 12.0 Å². The lowest BCUT2D eigenvalue weighted by atomic mass is 9.96. The summed E-state index contributed by atoms with van der Waals surface area (Å²) in [6.07, 6.45) is 1.52. The molecule has 5 heteroatoms. The van der Waals surface area contributed by atoms with Crippen molar-refractivity contribution < 1.29 is 19.4 Å². The molecular formula is C25H25NO4. The third kappa shape index (κ3) is 4.31. The van der Waals surface area contributed by atoms with Crippen molar-refractivity contribution in [1.29, 1.82) is 0 Å². The maximum atomic E-state index is 11.9. The molecule has 1 aliphatic heterocycles. The summed E-state index contributed by atoms with van der Waals surface area (Å²) in [4.78, 5) is 14.0. The average molecular weight is 403 g/mol. The van der Waals surface area contributed by atoms with Gasteiger partial charge in [-0.1, -0.05) is 42.5 Å². The molecular weight excluding hydrogens is 378 g/mol. The van der Waals surface area contributed by atoms with Gasteiger partial charge in [-0.2, -0.15) is 0 Å². The molecule has 0 saturated carbocycles. The van der Waals surface area contributed by atoms with Gasteiger partial charge in [0, 0.05) is 6.54 Å². The zero-order valence-electron chi connectivity index (χ0n) is 16.9. The highest BCUT2D eigenvalue weighted by atomic mass is 16.5. The molecule has 0 spiro atoms. The summed E-state index contributed by atoms with van der Waals surface area (Å²) in [6, 6.07) is 24.7. The molecule has 0 radical (unpaired) electrons. The number of carbonyl (C=O) groups is 1. The Morgan fingerprint density at radius 3 is 2.37 bits per heavy atom. The lowest BCUT2D eigenvalue weighted by molar-refractivity contribution is -0.142.